The van der Waals surface area contributed by atoms with Crippen LogP contribution in [0.5, 0.6) is 0 Å². The van der Waals surface area contributed by atoms with Crippen LogP contribution >= 0.6 is 0 Å². The number of amides is 1. The van der Waals surface area contributed by atoms with Crippen LogP contribution in [0.15, 0.2) is 23.4 Å². The molecule has 2 rings (SSSR count). The van der Waals surface area contributed by atoms with Gasteiger partial charge in [-0.25, -0.2) is 0 Å². The molecule has 0 unspecified atom stereocenters. The van der Waals surface area contributed by atoms with Gasteiger partial charge in [0.05, 0.1) is 12.1 Å². The molecule has 1 fully saturated rings. The molecule has 6 N–H and O–H groups in total. The summed E-state index contributed by atoms with van der Waals surface area (Å²) in [5.41, 5.74) is 18.0. The third-order valence-electron chi connectivity index (χ3n) is 3.30. The number of carbonyl (C=O) groups is 1. The van der Waals surface area contributed by atoms with Crippen LogP contribution in [0.4, 0.5) is 0 Å². The Balaban J connectivity index is 2.00. The number of carbonyl (C=O) groups excluding carboxylic acids is 1. The molecule has 5 nitrogen and oxygen atoms in total. The lowest BCUT2D eigenvalue weighted by Gasteiger charge is -2.26. The van der Waals surface area contributed by atoms with Crippen molar-refractivity contribution in [3.8, 4) is 0 Å². The van der Waals surface area contributed by atoms with Crippen molar-refractivity contribution in [2.45, 2.75) is 31.3 Å². The fourth-order valence-corrected chi connectivity index (χ4v) is 2.28. The summed E-state index contributed by atoms with van der Waals surface area (Å²) in [5.74, 6) is 0.145. The maximum atomic E-state index is 12.0. The first-order chi connectivity index (χ1) is 7.98. The predicted octanol–water partition coefficient (Wildman–Crippen LogP) is -0.215. The lowest BCUT2D eigenvalue weighted by molar-refractivity contribution is -0.129. The molecule has 17 heavy (non-hydrogen) atoms. The Labute approximate surface area is 101 Å². The topological polar surface area (TPSA) is 98.4 Å². The van der Waals surface area contributed by atoms with E-state index in [0.29, 0.717) is 18.5 Å². The predicted molar refractivity (Wildman–Crippen MR) is 66.5 cm³/mol. The highest BCUT2D eigenvalue weighted by atomic mass is 16.2. The molecule has 2 aliphatic rings. The molecule has 0 spiro atoms. The SMILES string of the molecule is NC1=C(CC(=O)N2CCCC2)C=CC(N)(N)C1. The van der Waals surface area contributed by atoms with E-state index in [0.717, 1.165) is 31.5 Å². The van der Waals surface area contributed by atoms with E-state index in [4.69, 9.17) is 17.2 Å². The average Bonchev–Trinajstić information content (AvgIpc) is 2.74. The van der Waals surface area contributed by atoms with Gasteiger partial charge in [0.25, 0.3) is 0 Å². The van der Waals surface area contributed by atoms with E-state index in [-0.39, 0.29) is 5.91 Å². The van der Waals surface area contributed by atoms with E-state index >= 15 is 0 Å². The minimum atomic E-state index is -0.871. The number of hydrogen-bond donors (Lipinski definition) is 3. The number of nitrogens with two attached hydrogens (primary N) is 3. The minimum absolute atomic E-state index is 0.145. The van der Waals surface area contributed by atoms with Crippen molar-refractivity contribution in [2.24, 2.45) is 17.2 Å². The van der Waals surface area contributed by atoms with Crippen molar-refractivity contribution in [3.63, 3.8) is 0 Å². The summed E-state index contributed by atoms with van der Waals surface area (Å²) in [5, 5.41) is 0. The third kappa shape index (κ3) is 2.87. The molecular weight excluding hydrogens is 216 g/mol. The first kappa shape index (κ1) is 12.1. The molecule has 0 saturated carbocycles. The largest absolute Gasteiger partial charge is 0.402 e. The molecule has 0 aromatic rings. The zero-order chi connectivity index (χ0) is 12.5. The highest BCUT2D eigenvalue weighted by molar-refractivity contribution is 5.80. The zero-order valence-electron chi connectivity index (χ0n) is 9.98. The van der Waals surface area contributed by atoms with Crippen LogP contribution in [-0.2, 0) is 4.79 Å². The van der Waals surface area contributed by atoms with Gasteiger partial charge in [-0.1, -0.05) is 6.08 Å². The van der Waals surface area contributed by atoms with Gasteiger partial charge in [0.15, 0.2) is 0 Å². The quantitative estimate of drug-likeness (QED) is 0.577. The molecule has 5 heteroatoms. The Morgan fingerprint density at radius 2 is 2.00 bits per heavy atom. The molecule has 0 aromatic carbocycles. The molecule has 0 atom stereocenters. The second-order valence-corrected chi connectivity index (χ2v) is 4.94. The second-order valence-electron chi connectivity index (χ2n) is 4.94. The van der Waals surface area contributed by atoms with Crippen LogP contribution in [0.25, 0.3) is 0 Å². The number of nitrogens with zero attached hydrogens (tertiary/aromatic N) is 1. The van der Waals surface area contributed by atoms with E-state index in [1.54, 1.807) is 12.2 Å². The fourth-order valence-electron chi connectivity index (χ4n) is 2.28. The summed E-state index contributed by atoms with van der Waals surface area (Å²) in [6.07, 6.45) is 6.48. The van der Waals surface area contributed by atoms with E-state index in [1.807, 2.05) is 4.90 Å². The summed E-state index contributed by atoms with van der Waals surface area (Å²) in [6.45, 7) is 1.74. The molecule has 0 bridgehead atoms. The Bertz CT molecular complexity index is 378. The van der Waals surface area contributed by atoms with Gasteiger partial charge >= 0.3 is 0 Å². The molecule has 1 heterocycles. The maximum absolute atomic E-state index is 12.0. The van der Waals surface area contributed by atoms with Gasteiger partial charge in [0, 0.05) is 25.2 Å². The van der Waals surface area contributed by atoms with Crippen molar-refractivity contribution in [1.29, 1.82) is 0 Å². The average molecular weight is 236 g/mol. The smallest absolute Gasteiger partial charge is 0.227 e. The number of allylic oxidation sites excluding steroid dienone is 1. The van der Waals surface area contributed by atoms with Gasteiger partial charge in [-0.15, -0.1) is 0 Å². The van der Waals surface area contributed by atoms with Crippen LogP contribution in [0.1, 0.15) is 25.7 Å². The van der Waals surface area contributed by atoms with E-state index in [9.17, 15) is 4.79 Å². The molecule has 1 amide bonds. The summed E-state index contributed by atoms with van der Waals surface area (Å²) in [7, 11) is 0. The Morgan fingerprint density at radius 1 is 1.35 bits per heavy atom. The summed E-state index contributed by atoms with van der Waals surface area (Å²) in [6, 6.07) is 0. The van der Waals surface area contributed by atoms with Gasteiger partial charge in [0.1, 0.15) is 0 Å². The van der Waals surface area contributed by atoms with Gasteiger partial charge in [-0.3, -0.25) is 4.79 Å². The van der Waals surface area contributed by atoms with Crippen LogP contribution in [0.3, 0.4) is 0 Å². The zero-order valence-corrected chi connectivity index (χ0v) is 9.98. The fraction of sp³-hybridized carbons (Fsp3) is 0.583. The van der Waals surface area contributed by atoms with Crippen LogP contribution in [0.2, 0.25) is 0 Å². The van der Waals surface area contributed by atoms with E-state index in [2.05, 4.69) is 0 Å². The van der Waals surface area contributed by atoms with Gasteiger partial charge in [-0.05, 0) is 24.5 Å². The van der Waals surface area contributed by atoms with Crippen molar-refractivity contribution in [2.75, 3.05) is 13.1 Å². The summed E-state index contributed by atoms with van der Waals surface area (Å²) < 4.78 is 0. The van der Waals surface area contributed by atoms with Gasteiger partial charge < -0.3 is 22.1 Å². The highest BCUT2D eigenvalue weighted by Gasteiger charge is 2.24. The molecule has 0 radical (unpaired) electrons. The lowest BCUT2D eigenvalue weighted by atomic mass is 9.93. The lowest BCUT2D eigenvalue weighted by Crippen LogP contribution is -2.49. The van der Waals surface area contributed by atoms with Crippen molar-refractivity contribution < 1.29 is 4.79 Å². The number of rotatable bonds is 2. The summed E-state index contributed by atoms with van der Waals surface area (Å²) in [4.78, 5) is 13.9. The summed E-state index contributed by atoms with van der Waals surface area (Å²) >= 11 is 0. The minimum Gasteiger partial charge on any atom is -0.402 e. The maximum Gasteiger partial charge on any atom is 0.227 e. The highest BCUT2D eigenvalue weighted by Crippen LogP contribution is 2.22. The monoisotopic (exact) mass is 236 g/mol. The standard InChI is InChI=1S/C12H20N4O/c13-10-8-12(14,15)4-3-9(10)7-11(17)16-5-1-2-6-16/h3-4H,1-2,5-8,13-15H2. The van der Waals surface area contributed by atoms with E-state index in [1.165, 1.54) is 0 Å². The second kappa shape index (κ2) is 4.50. The van der Waals surface area contributed by atoms with Crippen LogP contribution < -0.4 is 17.2 Å². The van der Waals surface area contributed by atoms with Crippen LogP contribution in [0, 0.1) is 0 Å². The third-order valence-corrected chi connectivity index (χ3v) is 3.30. The van der Waals surface area contributed by atoms with Gasteiger partial charge in [-0.2, -0.15) is 0 Å². The molecule has 1 aliphatic carbocycles. The number of hydrogen-bond acceptors (Lipinski definition) is 4. The first-order valence-corrected chi connectivity index (χ1v) is 6.00. The van der Waals surface area contributed by atoms with Crippen molar-refractivity contribution in [3.05, 3.63) is 23.4 Å². The van der Waals surface area contributed by atoms with Crippen molar-refractivity contribution >= 4 is 5.91 Å². The molecule has 0 aromatic heterocycles. The van der Waals surface area contributed by atoms with E-state index < -0.39 is 5.66 Å². The number of likely N-dealkylation sites (tertiary alicyclic amines) is 1. The molecule has 94 valence electrons. The Kier molecular flexibility index (Phi) is 3.22. The molecule has 1 saturated heterocycles. The van der Waals surface area contributed by atoms with Crippen LogP contribution in [-0.4, -0.2) is 29.6 Å². The molecule has 1 aliphatic heterocycles. The van der Waals surface area contributed by atoms with Crippen molar-refractivity contribution in [1.82, 2.24) is 4.90 Å². The Morgan fingerprint density at radius 3 is 2.59 bits per heavy atom. The first-order valence-electron chi connectivity index (χ1n) is 6.00. The normalized spacial score (nSPS) is 23.3. The molecular formula is C12H20N4O. The van der Waals surface area contributed by atoms with Gasteiger partial charge in [0.2, 0.25) is 5.91 Å². The Hall–Kier alpha value is -1.33.